The molecule has 92 valence electrons. The maximum Gasteiger partial charge on any atom is 0.152 e. The van der Waals surface area contributed by atoms with E-state index >= 15 is 0 Å². The van der Waals surface area contributed by atoms with Gasteiger partial charge in [-0.3, -0.25) is 0 Å². The zero-order valence-corrected chi connectivity index (χ0v) is 10.2. The second kappa shape index (κ2) is 4.73. The second-order valence-electron chi connectivity index (χ2n) is 4.16. The lowest BCUT2D eigenvalue weighted by molar-refractivity contribution is 0.269. The highest BCUT2D eigenvalue weighted by Gasteiger charge is 2.17. The van der Waals surface area contributed by atoms with Gasteiger partial charge in [0.1, 0.15) is 5.65 Å². The number of likely N-dealkylation sites (N-methyl/N-ethyl adjacent to an activating group) is 1. The Morgan fingerprint density at radius 1 is 1.53 bits per heavy atom. The van der Waals surface area contributed by atoms with E-state index in [1.807, 2.05) is 47.7 Å². The predicted octanol–water partition coefficient (Wildman–Crippen LogP) is 0.610. The molecule has 0 amide bonds. The summed E-state index contributed by atoms with van der Waals surface area (Å²) in [5.41, 5.74) is 7.63. The van der Waals surface area contributed by atoms with E-state index in [4.69, 9.17) is 5.73 Å². The van der Waals surface area contributed by atoms with Crippen LogP contribution in [0.2, 0.25) is 0 Å². The first-order valence-electron chi connectivity index (χ1n) is 5.68. The average Bonchev–Trinajstić information content (AvgIpc) is 2.75. The van der Waals surface area contributed by atoms with Crippen LogP contribution in [-0.4, -0.2) is 34.2 Å². The van der Waals surface area contributed by atoms with Crippen LogP contribution in [0.1, 0.15) is 12.6 Å². The Bertz CT molecular complexity index is 508. The van der Waals surface area contributed by atoms with Gasteiger partial charge in [0.2, 0.25) is 0 Å². The fourth-order valence-corrected chi connectivity index (χ4v) is 1.84. The van der Waals surface area contributed by atoms with Gasteiger partial charge in [-0.15, -0.1) is 0 Å². The third-order valence-corrected chi connectivity index (χ3v) is 3.06. The minimum Gasteiger partial charge on any atom is -0.394 e. The van der Waals surface area contributed by atoms with Crippen LogP contribution in [0.25, 0.3) is 5.65 Å². The summed E-state index contributed by atoms with van der Waals surface area (Å²) in [6, 6.07) is 5.86. The topological polar surface area (TPSA) is 66.8 Å². The summed E-state index contributed by atoms with van der Waals surface area (Å²) in [5, 5.41) is 9.20. The zero-order chi connectivity index (χ0) is 12.4. The Balaban J connectivity index is 2.53. The van der Waals surface area contributed by atoms with Gasteiger partial charge in [0.05, 0.1) is 18.3 Å². The van der Waals surface area contributed by atoms with Crippen molar-refractivity contribution in [3.05, 3.63) is 30.1 Å². The van der Waals surface area contributed by atoms with Crippen LogP contribution in [0.3, 0.4) is 0 Å². The number of aliphatic hydroxyl groups is 1. The number of aliphatic hydroxyl groups excluding tert-OH is 1. The number of nitrogens with zero attached hydrogens (tertiary/aromatic N) is 3. The summed E-state index contributed by atoms with van der Waals surface area (Å²) in [6.45, 7) is 2.46. The molecule has 2 heterocycles. The average molecular weight is 234 g/mol. The number of nitrogens with two attached hydrogens (primary N) is 1. The van der Waals surface area contributed by atoms with Crippen LogP contribution in [0.4, 0.5) is 5.82 Å². The van der Waals surface area contributed by atoms with Gasteiger partial charge < -0.3 is 20.1 Å². The number of fused-ring (bicyclic) bond motifs is 1. The van der Waals surface area contributed by atoms with E-state index in [1.54, 1.807) is 0 Å². The van der Waals surface area contributed by atoms with Crippen molar-refractivity contribution in [1.29, 1.82) is 0 Å². The summed E-state index contributed by atoms with van der Waals surface area (Å²) in [7, 11) is 1.92. The lowest BCUT2D eigenvalue weighted by Gasteiger charge is -2.23. The third-order valence-electron chi connectivity index (χ3n) is 3.06. The van der Waals surface area contributed by atoms with Gasteiger partial charge in [0.15, 0.2) is 5.82 Å². The fourth-order valence-electron chi connectivity index (χ4n) is 1.84. The summed E-state index contributed by atoms with van der Waals surface area (Å²) in [4.78, 5) is 6.50. The molecule has 2 aromatic rings. The van der Waals surface area contributed by atoms with E-state index in [2.05, 4.69) is 4.98 Å². The summed E-state index contributed by atoms with van der Waals surface area (Å²) in [6.07, 6.45) is 1.95. The monoisotopic (exact) mass is 234 g/mol. The third kappa shape index (κ3) is 1.99. The van der Waals surface area contributed by atoms with Gasteiger partial charge in [-0.2, -0.15) is 0 Å². The van der Waals surface area contributed by atoms with Crippen LogP contribution < -0.4 is 10.6 Å². The standard InChI is InChI=1S/C12H18N4O/c1-9(8-17)15(2)12-10(7-13)16-6-4-3-5-11(16)14-12/h3-6,9,17H,7-8,13H2,1-2H3. The number of aromatic nitrogens is 2. The van der Waals surface area contributed by atoms with Crippen molar-refractivity contribution >= 4 is 11.5 Å². The predicted molar refractivity (Wildman–Crippen MR) is 68.0 cm³/mol. The number of hydrogen-bond donors (Lipinski definition) is 2. The Kier molecular flexibility index (Phi) is 3.31. The zero-order valence-electron chi connectivity index (χ0n) is 10.2. The Labute approximate surface area is 100 Å². The van der Waals surface area contributed by atoms with Crippen molar-refractivity contribution in [2.75, 3.05) is 18.6 Å². The van der Waals surface area contributed by atoms with Crippen molar-refractivity contribution in [3.8, 4) is 0 Å². The molecule has 2 aromatic heterocycles. The first kappa shape index (κ1) is 11.9. The van der Waals surface area contributed by atoms with E-state index in [1.165, 1.54) is 0 Å². The molecule has 0 aliphatic carbocycles. The van der Waals surface area contributed by atoms with Gasteiger partial charge in [-0.05, 0) is 19.1 Å². The molecule has 3 N–H and O–H groups in total. The van der Waals surface area contributed by atoms with Crippen molar-refractivity contribution in [3.63, 3.8) is 0 Å². The normalized spacial score (nSPS) is 12.9. The fraction of sp³-hybridized carbons (Fsp3) is 0.417. The second-order valence-corrected chi connectivity index (χ2v) is 4.16. The van der Waals surface area contributed by atoms with Crippen molar-refractivity contribution < 1.29 is 5.11 Å². The van der Waals surface area contributed by atoms with Gasteiger partial charge in [-0.25, -0.2) is 4.98 Å². The summed E-state index contributed by atoms with van der Waals surface area (Å²) >= 11 is 0. The molecule has 0 fully saturated rings. The molecule has 5 nitrogen and oxygen atoms in total. The smallest absolute Gasteiger partial charge is 0.152 e. The molecule has 0 radical (unpaired) electrons. The molecule has 0 bridgehead atoms. The van der Waals surface area contributed by atoms with E-state index in [9.17, 15) is 5.11 Å². The van der Waals surface area contributed by atoms with Crippen LogP contribution in [0, 0.1) is 0 Å². The van der Waals surface area contributed by atoms with Crippen LogP contribution >= 0.6 is 0 Å². The number of anilines is 1. The first-order valence-corrected chi connectivity index (χ1v) is 5.68. The van der Waals surface area contributed by atoms with Crippen LogP contribution in [0.5, 0.6) is 0 Å². The Morgan fingerprint density at radius 2 is 2.29 bits per heavy atom. The highest BCUT2D eigenvalue weighted by atomic mass is 16.3. The lowest BCUT2D eigenvalue weighted by Crippen LogP contribution is -2.33. The molecule has 1 unspecified atom stereocenters. The van der Waals surface area contributed by atoms with Crippen molar-refractivity contribution in [2.45, 2.75) is 19.5 Å². The summed E-state index contributed by atoms with van der Waals surface area (Å²) < 4.78 is 1.98. The maximum absolute atomic E-state index is 9.20. The van der Waals surface area contributed by atoms with Gasteiger partial charge in [0, 0.05) is 19.8 Å². The number of hydrogen-bond acceptors (Lipinski definition) is 4. The van der Waals surface area contributed by atoms with Crippen LogP contribution in [0.15, 0.2) is 24.4 Å². The molecule has 2 rings (SSSR count). The van der Waals surface area contributed by atoms with E-state index in [0.717, 1.165) is 17.2 Å². The number of rotatable bonds is 4. The number of pyridine rings is 1. The highest BCUT2D eigenvalue weighted by Crippen LogP contribution is 2.21. The Morgan fingerprint density at radius 3 is 2.94 bits per heavy atom. The molecule has 0 saturated carbocycles. The van der Waals surface area contributed by atoms with Gasteiger partial charge in [-0.1, -0.05) is 6.07 Å². The van der Waals surface area contributed by atoms with E-state index in [0.29, 0.717) is 6.54 Å². The first-order chi connectivity index (χ1) is 8.19. The molecule has 0 aromatic carbocycles. The van der Waals surface area contributed by atoms with E-state index < -0.39 is 0 Å². The molecular formula is C12H18N4O. The largest absolute Gasteiger partial charge is 0.394 e. The van der Waals surface area contributed by atoms with Crippen molar-refractivity contribution in [2.24, 2.45) is 5.73 Å². The molecule has 0 aliphatic heterocycles. The number of imidazole rings is 1. The minimum atomic E-state index is 0.0187. The van der Waals surface area contributed by atoms with Gasteiger partial charge >= 0.3 is 0 Å². The lowest BCUT2D eigenvalue weighted by atomic mass is 10.3. The molecule has 1 atom stereocenters. The molecule has 0 spiro atoms. The molecule has 17 heavy (non-hydrogen) atoms. The Hall–Kier alpha value is -1.59. The summed E-state index contributed by atoms with van der Waals surface area (Å²) in [5.74, 6) is 0.834. The van der Waals surface area contributed by atoms with Crippen molar-refractivity contribution in [1.82, 2.24) is 9.38 Å². The molecular weight excluding hydrogens is 216 g/mol. The SMILES string of the molecule is CC(CO)N(C)c1nc2ccccn2c1CN. The highest BCUT2D eigenvalue weighted by molar-refractivity contribution is 5.56. The maximum atomic E-state index is 9.20. The molecule has 0 saturated heterocycles. The minimum absolute atomic E-state index is 0.0187. The molecule has 5 heteroatoms. The van der Waals surface area contributed by atoms with Gasteiger partial charge in [0.25, 0.3) is 0 Å². The van der Waals surface area contributed by atoms with Crippen LogP contribution in [-0.2, 0) is 6.54 Å². The quantitative estimate of drug-likeness (QED) is 0.813. The molecule has 0 aliphatic rings. The van der Waals surface area contributed by atoms with E-state index in [-0.39, 0.29) is 12.6 Å².